The summed E-state index contributed by atoms with van der Waals surface area (Å²) in [6.45, 7) is 6.36. The number of benzene rings is 1. The van der Waals surface area contributed by atoms with Crippen molar-refractivity contribution in [3.05, 3.63) is 24.3 Å². The fourth-order valence-corrected chi connectivity index (χ4v) is 2.00. The second-order valence-electron chi connectivity index (χ2n) is 5.07. The molecule has 1 N–H and O–H groups in total. The zero-order valence-corrected chi connectivity index (χ0v) is 12.6. The third-order valence-electron chi connectivity index (χ3n) is 3.23. The molecule has 0 aromatic heterocycles. The smallest absolute Gasteiger partial charge is 0.119 e. The van der Waals surface area contributed by atoms with E-state index >= 15 is 0 Å². The van der Waals surface area contributed by atoms with Crippen LogP contribution in [0.5, 0.6) is 5.75 Å². The molecule has 2 heteroatoms. The van der Waals surface area contributed by atoms with Gasteiger partial charge < -0.3 is 10.1 Å². The van der Waals surface area contributed by atoms with Crippen LogP contribution < -0.4 is 10.1 Å². The summed E-state index contributed by atoms with van der Waals surface area (Å²) >= 11 is 0. The maximum absolute atomic E-state index is 5.72. The first-order chi connectivity index (χ1) is 9.36. The molecule has 0 radical (unpaired) electrons. The highest BCUT2D eigenvalue weighted by Crippen LogP contribution is 2.16. The molecule has 0 aliphatic rings. The Labute approximate surface area is 118 Å². The van der Waals surface area contributed by atoms with E-state index in [2.05, 4.69) is 43.4 Å². The van der Waals surface area contributed by atoms with Crippen LogP contribution in [0.4, 0.5) is 5.69 Å². The molecule has 0 aliphatic carbocycles. The van der Waals surface area contributed by atoms with E-state index in [1.54, 1.807) is 0 Å². The molecule has 1 rings (SSSR count). The Kier molecular flexibility index (Phi) is 8.95. The van der Waals surface area contributed by atoms with Gasteiger partial charge in [0, 0.05) is 12.2 Å². The standard InChI is InChI=1S/C17H29NO/c1-3-5-7-9-15-19-17-12-10-16(11-13-17)18-14-8-6-4-2/h10-13,18H,3-9,14-15H2,1-2H3. The summed E-state index contributed by atoms with van der Waals surface area (Å²) in [7, 11) is 0. The lowest BCUT2D eigenvalue weighted by molar-refractivity contribution is 0.305. The molecular formula is C17H29NO. The molecule has 1 aromatic carbocycles. The predicted molar refractivity (Wildman–Crippen MR) is 84.1 cm³/mol. The van der Waals surface area contributed by atoms with Crippen LogP contribution in [0.25, 0.3) is 0 Å². The Morgan fingerprint density at radius 3 is 2.21 bits per heavy atom. The Morgan fingerprint density at radius 1 is 0.842 bits per heavy atom. The van der Waals surface area contributed by atoms with Crippen LogP contribution in [0.1, 0.15) is 58.8 Å². The van der Waals surface area contributed by atoms with Crippen molar-refractivity contribution in [1.29, 1.82) is 0 Å². The van der Waals surface area contributed by atoms with Gasteiger partial charge in [0.05, 0.1) is 6.61 Å². The number of unbranched alkanes of at least 4 members (excludes halogenated alkanes) is 5. The first-order valence-corrected chi connectivity index (χ1v) is 7.83. The second-order valence-corrected chi connectivity index (χ2v) is 5.07. The van der Waals surface area contributed by atoms with Crippen LogP contribution in [0.2, 0.25) is 0 Å². The lowest BCUT2D eigenvalue weighted by Gasteiger charge is -2.08. The van der Waals surface area contributed by atoms with Crippen molar-refractivity contribution in [2.75, 3.05) is 18.5 Å². The highest BCUT2D eigenvalue weighted by atomic mass is 16.5. The number of anilines is 1. The summed E-state index contributed by atoms with van der Waals surface area (Å²) in [6, 6.07) is 8.32. The van der Waals surface area contributed by atoms with Gasteiger partial charge in [0.2, 0.25) is 0 Å². The maximum atomic E-state index is 5.72. The van der Waals surface area contributed by atoms with Gasteiger partial charge in [-0.15, -0.1) is 0 Å². The van der Waals surface area contributed by atoms with E-state index < -0.39 is 0 Å². The molecule has 0 saturated heterocycles. The molecule has 108 valence electrons. The molecule has 0 spiro atoms. The topological polar surface area (TPSA) is 21.3 Å². The Hall–Kier alpha value is -1.18. The number of hydrogen-bond acceptors (Lipinski definition) is 2. The van der Waals surface area contributed by atoms with Crippen molar-refractivity contribution in [1.82, 2.24) is 0 Å². The van der Waals surface area contributed by atoms with Crippen LogP contribution in [0.3, 0.4) is 0 Å². The normalized spacial score (nSPS) is 10.4. The average Bonchev–Trinajstić information content (AvgIpc) is 2.45. The van der Waals surface area contributed by atoms with E-state index in [1.807, 2.05) is 0 Å². The highest BCUT2D eigenvalue weighted by Gasteiger charge is 1.95. The van der Waals surface area contributed by atoms with E-state index in [-0.39, 0.29) is 0 Å². The summed E-state index contributed by atoms with van der Waals surface area (Å²) in [4.78, 5) is 0. The number of hydrogen-bond donors (Lipinski definition) is 1. The second kappa shape index (κ2) is 10.7. The van der Waals surface area contributed by atoms with Crippen molar-refractivity contribution < 1.29 is 4.74 Å². The van der Waals surface area contributed by atoms with E-state index in [4.69, 9.17) is 4.74 Å². The van der Waals surface area contributed by atoms with Crippen LogP contribution in [-0.4, -0.2) is 13.2 Å². The Bertz CT molecular complexity index is 308. The molecular weight excluding hydrogens is 234 g/mol. The van der Waals surface area contributed by atoms with Crippen molar-refractivity contribution in [3.63, 3.8) is 0 Å². The van der Waals surface area contributed by atoms with E-state index in [9.17, 15) is 0 Å². The number of nitrogens with one attached hydrogen (secondary N) is 1. The van der Waals surface area contributed by atoms with Crippen molar-refractivity contribution in [3.8, 4) is 5.75 Å². The molecule has 0 aliphatic heterocycles. The van der Waals surface area contributed by atoms with Gasteiger partial charge in [0.25, 0.3) is 0 Å². The minimum atomic E-state index is 0.837. The Morgan fingerprint density at radius 2 is 1.53 bits per heavy atom. The quantitative estimate of drug-likeness (QED) is 0.551. The third-order valence-corrected chi connectivity index (χ3v) is 3.23. The van der Waals surface area contributed by atoms with Gasteiger partial charge in [-0.1, -0.05) is 46.0 Å². The molecule has 1 aromatic rings. The van der Waals surface area contributed by atoms with Crippen molar-refractivity contribution >= 4 is 5.69 Å². The van der Waals surface area contributed by atoms with Crippen LogP contribution >= 0.6 is 0 Å². The number of rotatable bonds is 11. The van der Waals surface area contributed by atoms with Gasteiger partial charge in [0.1, 0.15) is 5.75 Å². The van der Waals surface area contributed by atoms with Gasteiger partial charge in [-0.2, -0.15) is 0 Å². The summed E-state index contributed by atoms with van der Waals surface area (Å²) in [5, 5.41) is 3.44. The highest BCUT2D eigenvalue weighted by molar-refractivity contribution is 5.46. The first kappa shape index (κ1) is 15.9. The minimum absolute atomic E-state index is 0.837. The third kappa shape index (κ3) is 7.76. The Balaban J connectivity index is 2.16. The number of ether oxygens (including phenoxy) is 1. The van der Waals surface area contributed by atoms with Gasteiger partial charge in [-0.3, -0.25) is 0 Å². The van der Waals surface area contributed by atoms with E-state index in [1.165, 1.54) is 44.2 Å². The SMILES string of the molecule is CCCCCCOc1ccc(NCCCCC)cc1. The molecule has 0 atom stereocenters. The largest absolute Gasteiger partial charge is 0.494 e. The van der Waals surface area contributed by atoms with Gasteiger partial charge >= 0.3 is 0 Å². The summed E-state index contributed by atoms with van der Waals surface area (Å²) in [6.07, 6.45) is 8.82. The molecule has 19 heavy (non-hydrogen) atoms. The van der Waals surface area contributed by atoms with Gasteiger partial charge in [-0.05, 0) is 37.1 Å². The molecule has 0 fully saturated rings. The zero-order valence-electron chi connectivity index (χ0n) is 12.6. The van der Waals surface area contributed by atoms with Crippen molar-refractivity contribution in [2.45, 2.75) is 58.8 Å². The average molecular weight is 263 g/mol. The van der Waals surface area contributed by atoms with Crippen LogP contribution in [0.15, 0.2) is 24.3 Å². The molecule has 0 bridgehead atoms. The molecule has 0 heterocycles. The van der Waals surface area contributed by atoms with Crippen molar-refractivity contribution in [2.24, 2.45) is 0 Å². The van der Waals surface area contributed by atoms with E-state index in [0.717, 1.165) is 25.3 Å². The molecule has 0 amide bonds. The lowest BCUT2D eigenvalue weighted by atomic mass is 10.2. The first-order valence-electron chi connectivity index (χ1n) is 7.83. The fourth-order valence-electron chi connectivity index (χ4n) is 2.00. The monoisotopic (exact) mass is 263 g/mol. The fraction of sp³-hybridized carbons (Fsp3) is 0.647. The molecule has 2 nitrogen and oxygen atoms in total. The summed E-state index contributed by atoms with van der Waals surface area (Å²) in [5.41, 5.74) is 1.19. The lowest BCUT2D eigenvalue weighted by Crippen LogP contribution is -2.01. The van der Waals surface area contributed by atoms with Crippen LogP contribution in [0, 0.1) is 0 Å². The maximum Gasteiger partial charge on any atom is 0.119 e. The summed E-state index contributed by atoms with van der Waals surface area (Å²) < 4.78 is 5.72. The zero-order chi connectivity index (χ0) is 13.8. The van der Waals surface area contributed by atoms with Gasteiger partial charge in [-0.25, -0.2) is 0 Å². The van der Waals surface area contributed by atoms with Crippen LogP contribution in [-0.2, 0) is 0 Å². The predicted octanol–water partition coefficient (Wildman–Crippen LogP) is 5.25. The van der Waals surface area contributed by atoms with Gasteiger partial charge in [0.15, 0.2) is 0 Å². The molecule has 0 unspecified atom stereocenters. The summed E-state index contributed by atoms with van der Waals surface area (Å²) in [5.74, 6) is 0.982. The molecule has 0 saturated carbocycles. The minimum Gasteiger partial charge on any atom is -0.494 e. The van der Waals surface area contributed by atoms with E-state index in [0.29, 0.717) is 0 Å².